The number of aliphatic hydroxyl groups is 1. The average molecular weight is 226 g/mol. The minimum atomic E-state index is 0.399. The lowest BCUT2D eigenvalue weighted by molar-refractivity contribution is 0.0959. The Morgan fingerprint density at radius 1 is 1.12 bits per heavy atom. The van der Waals surface area contributed by atoms with Gasteiger partial charge in [0.15, 0.2) is 0 Å². The lowest BCUT2D eigenvalue weighted by Gasteiger charge is -2.21. The monoisotopic (exact) mass is 226 g/mol. The maximum atomic E-state index is 9.45. The van der Waals surface area contributed by atoms with Crippen molar-refractivity contribution in [2.24, 2.45) is 11.8 Å². The highest BCUT2D eigenvalue weighted by molar-refractivity contribution is 4.76. The molecular formula is C14H26O2. The summed E-state index contributed by atoms with van der Waals surface area (Å²) in [5.41, 5.74) is 0. The predicted molar refractivity (Wildman–Crippen MR) is 65.4 cm³/mol. The first-order valence-electron chi connectivity index (χ1n) is 7.12. The molecule has 2 fully saturated rings. The molecule has 2 unspecified atom stereocenters. The third-order valence-corrected chi connectivity index (χ3v) is 4.43. The molecule has 1 N–H and O–H groups in total. The van der Waals surface area contributed by atoms with Gasteiger partial charge in [0.2, 0.25) is 0 Å². The van der Waals surface area contributed by atoms with E-state index in [1.165, 1.54) is 57.8 Å². The quantitative estimate of drug-likeness (QED) is 0.754. The Bertz CT molecular complexity index is 181. The highest BCUT2D eigenvalue weighted by atomic mass is 16.5. The van der Waals surface area contributed by atoms with Crippen molar-refractivity contribution in [1.29, 1.82) is 0 Å². The summed E-state index contributed by atoms with van der Waals surface area (Å²) in [5.74, 6) is 1.39. The molecule has 1 heterocycles. The van der Waals surface area contributed by atoms with Gasteiger partial charge in [0, 0.05) is 13.2 Å². The van der Waals surface area contributed by atoms with Crippen molar-refractivity contribution in [3.63, 3.8) is 0 Å². The zero-order valence-corrected chi connectivity index (χ0v) is 10.4. The summed E-state index contributed by atoms with van der Waals surface area (Å²) in [6.07, 6.45) is 12.2. The second-order valence-corrected chi connectivity index (χ2v) is 5.55. The van der Waals surface area contributed by atoms with Crippen molar-refractivity contribution in [3.05, 3.63) is 0 Å². The summed E-state index contributed by atoms with van der Waals surface area (Å²) >= 11 is 0. The number of hydrogen-bond acceptors (Lipinski definition) is 2. The molecule has 0 bridgehead atoms. The Kier molecular flexibility index (Phi) is 5.11. The molecule has 2 nitrogen and oxygen atoms in total. The summed E-state index contributed by atoms with van der Waals surface area (Å²) < 4.78 is 5.63. The molecule has 1 saturated heterocycles. The van der Waals surface area contributed by atoms with Gasteiger partial charge < -0.3 is 9.84 Å². The smallest absolute Gasteiger partial charge is 0.0576 e. The normalized spacial score (nSPS) is 28.7. The molecule has 0 spiro atoms. The van der Waals surface area contributed by atoms with Crippen LogP contribution in [0.1, 0.15) is 57.8 Å². The highest BCUT2D eigenvalue weighted by Crippen LogP contribution is 2.34. The molecule has 0 amide bonds. The maximum absolute atomic E-state index is 9.45. The molecule has 1 aliphatic carbocycles. The van der Waals surface area contributed by atoms with Crippen LogP contribution in [0.4, 0.5) is 0 Å². The summed E-state index contributed by atoms with van der Waals surface area (Å²) in [6, 6.07) is 0. The standard InChI is InChI=1S/C14H26O2/c15-11-13(12-5-1-2-6-12)7-3-8-14-9-4-10-16-14/h12-15H,1-11H2. The van der Waals surface area contributed by atoms with E-state index in [1.807, 2.05) is 0 Å². The second kappa shape index (κ2) is 6.61. The molecule has 94 valence electrons. The van der Waals surface area contributed by atoms with Gasteiger partial charge in [-0.1, -0.05) is 32.1 Å². The number of aliphatic hydroxyl groups excluding tert-OH is 1. The van der Waals surface area contributed by atoms with Gasteiger partial charge in [-0.25, -0.2) is 0 Å². The van der Waals surface area contributed by atoms with E-state index in [1.54, 1.807) is 0 Å². The number of rotatable bonds is 6. The van der Waals surface area contributed by atoms with Crippen LogP contribution in [0.2, 0.25) is 0 Å². The third-order valence-electron chi connectivity index (χ3n) is 4.43. The third kappa shape index (κ3) is 3.46. The van der Waals surface area contributed by atoms with Crippen molar-refractivity contribution in [1.82, 2.24) is 0 Å². The number of ether oxygens (including phenoxy) is 1. The fourth-order valence-electron chi connectivity index (χ4n) is 3.38. The molecule has 0 aromatic heterocycles. The Labute approximate surface area is 99.4 Å². The molecule has 2 atom stereocenters. The number of hydrogen-bond donors (Lipinski definition) is 1. The largest absolute Gasteiger partial charge is 0.396 e. The topological polar surface area (TPSA) is 29.5 Å². The lowest BCUT2D eigenvalue weighted by atomic mass is 9.87. The van der Waals surface area contributed by atoms with Gasteiger partial charge in [0.25, 0.3) is 0 Å². The SMILES string of the molecule is OCC(CCCC1CCCO1)C1CCCC1. The molecular weight excluding hydrogens is 200 g/mol. The zero-order chi connectivity index (χ0) is 11.2. The highest BCUT2D eigenvalue weighted by Gasteiger charge is 2.24. The second-order valence-electron chi connectivity index (χ2n) is 5.55. The van der Waals surface area contributed by atoms with E-state index in [-0.39, 0.29) is 0 Å². The Hall–Kier alpha value is -0.0800. The van der Waals surface area contributed by atoms with Crippen LogP contribution in [-0.2, 0) is 4.74 Å². The Morgan fingerprint density at radius 3 is 2.56 bits per heavy atom. The van der Waals surface area contributed by atoms with Gasteiger partial charge in [0.1, 0.15) is 0 Å². The first-order valence-corrected chi connectivity index (χ1v) is 7.12. The van der Waals surface area contributed by atoms with E-state index < -0.39 is 0 Å². The van der Waals surface area contributed by atoms with Crippen molar-refractivity contribution in [3.8, 4) is 0 Å². The molecule has 2 aliphatic rings. The van der Waals surface area contributed by atoms with Crippen LogP contribution in [0.3, 0.4) is 0 Å². The van der Waals surface area contributed by atoms with Crippen LogP contribution in [0, 0.1) is 11.8 Å². The van der Waals surface area contributed by atoms with Gasteiger partial charge >= 0.3 is 0 Å². The molecule has 1 aliphatic heterocycles. The lowest BCUT2D eigenvalue weighted by Crippen LogP contribution is -2.17. The minimum Gasteiger partial charge on any atom is -0.396 e. The van der Waals surface area contributed by atoms with Crippen molar-refractivity contribution >= 4 is 0 Å². The average Bonchev–Trinajstić information content (AvgIpc) is 2.96. The van der Waals surface area contributed by atoms with Crippen molar-refractivity contribution in [2.75, 3.05) is 13.2 Å². The van der Waals surface area contributed by atoms with Crippen LogP contribution in [0.15, 0.2) is 0 Å². The summed E-state index contributed by atoms with van der Waals surface area (Å²) in [5, 5.41) is 9.45. The van der Waals surface area contributed by atoms with E-state index in [9.17, 15) is 5.11 Å². The minimum absolute atomic E-state index is 0.399. The van der Waals surface area contributed by atoms with E-state index in [2.05, 4.69) is 0 Å². The van der Waals surface area contributed by atoms with Gasteiger partial charge in [0.05, 0.1) is 6.10 Å². The van der Waals surface area contributed by atoms with Crippen LogP contribution in [-0.4, -0.2) is 24.4 Å². The van der Waals surface area contributed by atoms with Gasteiger partial charge in [-0.05, 0) is 37.5 Å². The molecule has 0 radical (unpaired) electrons. The van der Waals surface area contributed by atoms with Gasteiger partial charge in [-0.3, -0.25) is 0 Å². The molecule has 0 aromatic rings. The zero-order valence-electron chi connectivity index (χ0n) is 10.4. The Balaban J connectivity index is 1.62. The van der Waals surface area contributed by atoms with Crippen molar-refractivity contribution in [2.45, 2.75) is 63.9 Å². The van der Waals surface area contributed by atoms with Crippen LogP contribution in [0.25, 0.3) is 0 Å². The summed E-state index contributed by atoms with van der Waals surface area (Å²) in [4.78, 5) is 0. The fraction of sp³-hybridized carbons (Fsp3) is 1.00. The summed E-state index contributed by atoms with van der Waals surface area (Å²) in [6.45, 7) is 1.37. The van der Waals surface area contributed by atoms with E-state index in [0.717, 1.165) is 12.5 Å². The molecule has 16 heavy (non-hydrogen) atoms. The van der Waals surface area contributed by atoms with Crippen LogP contribution in [0.5, 0.6) is 0 Å². The van der Waals surface area contributed by atoms with Crippen LogP contribution >= 0.6 is 0 Å². The van der Waals surface area contributed by atoms with Crippen molar-refractivity contribution < 1.29 is 9.84 Å². The first-order chi connectivity index (χ1) is 7.90. The maximum Gasteiger partial charge on any atom is 0.0576 e. The summed E-state index contributed by atoms with van der Waals surface area (Å²) in [7, 11) is 0. The van der Waals surface area contributed by atoms with Gasteiger partial charge in [-0.2, -0.15) is 0 Å². The molecule has 1 saturated carbocycles. The van der Waals surface area contributed by atoms with E-state index in [4.69, 9.17) is 4.74 Å². The fourth-order valence-corrected chi connectivity index (χ4v) is 3.38. The Morgan fingerprint density at radius 2 is 1.94 bits per heavy atom. The molecule has 0 aromatic carbocycles. The first kappa shape index (κ1) is 12.4. The molecule has 2 heteroatoms. The van der Waals surface area contributed by atoms with E-state index in [0.29, 0.717) is 18.6 Å². The van der Waals surface area contributed by atoms with Gasteiger partial charge in [-0.15, -0.1) is 0 Å². The predicted octanol–water partition coefficient (Wildman–Crippen LogP) is 3.13. The molecule has 2 rings (SSSR count). The van der Waals surface area contributed by atoms with Crippen LogP contribution < -0.4 is 0 Å². The van der Waals surface area contributed by atoms with E-state index >= 15 is 0 Å².